The lowest BCUT2D eigenvalue weighted by molar-refractivity contribution is 0.0951. The van der Waals surface area contributed by atoms with Gasteiger partial charge in [0.05, 0.1) is 24.2 Å². The van der Waals surface area contributed by atoms with E-state index in [-0.39, 0.29) is 23.8 Å². The lowest BCUT2D eigenvalue weighted by atomic mass is 10.2. The van der Waals surface area contributed by atoms with Crippen LogP contribution in [0.2, 0.25) is 0 Å². The van der Waals surface area contributed by atoms with Crippen LogP contribution in [0.5, 0.6) is 0 Å². The minimum Gasteiger partial charge on any atom is -0.378 e. The van der Waals surface area contributed by atoms with E-state index in [1.165, 1.54) is 24.3 Å². The van der Waals surface area contributed by atoms with Crippen LogP contribution < -0.4 is 14.9 Å². The predicted molar refractivity (Wildman–Crippen MR) is 110 cm³/mol. The number of nitrogens with one attached hydrogen (secondary N) is 2. The number of sulfonamides is 1. The van der Waals surface area contributed by atoms with Gasteiger partial charge in [-0.25, -0.2) is 18.1 Å². The van der Waals surface area contributed by atoms with E-state index in [1.807, 2.05) is 18.2 Å². The number of nitrogens with zero attached hydrogens (tertiary/aromatic N) is 3. The van der Waals surface area contributed by atoms with Crippen LogP contribution in [0.15, 0.2) is 47.5 Å². The first-order valence-electron chi connectivity index (χ1n) is 9.52. The Labute approximate surface area is 175 Å². The predicted octanol–water partition coefficient (Wildman–Crippen LogP) is 1.04. The van der Waals surface area contributed by atoms with Crippen LogP contribution in [0.4, 0.5) is 5.82 Å². The summed E-state index contributed by atoms with van der Waals surface area (Å²) in [5.41, 5.74) is 1.27. The number of nitriles is 1. The summed E-state index contributed by atoms with van der Waals surface area (Å²) in [6.07, 6.45) is 1.80. The third-order valence-electron chi connectivity index (χ3n) is 4.55. The van der Waals surface area contributed by atoms with Gasteiger partial charge in [-0.2, -0.15) is 5.26 Å². The summed E-state index contributed by atoms with van der Waals surface area (Å²) in [4.78, 5) is 19.0. The number of carbonyl (C=O) groups is 1. The summed E-state index contributed by atoms with van der Waals surface area (Å²) in [6.45, 7) is 3.27. The number of pyridine rings is 1. The van der Waals surface area contributed by atoms with Gasteiger partial charge in [0, 0.05) is 44.4 Å². The van der Waals surface area contributed by atoms with Gasteiger partial charge in [0.2, 0.25) is 10.0 Å². The molecule has 0 aliphatic carbocycles. The minimum atomic E-state index is -3.70. The van der Waals surface area contributed by atoms with Gasteiger partial charge >= 0.3 is 0 Å². The van der Waals surface area contributed by atoms with E-state index in [4.69, 9.17) is 10.00 Å². The summed E-state index contributed by atoms with van der Waals surface area (Å²) in [5, 5.41) is 11.3. The van der Waals surface area contributed by atoms with Crippen molar-refractivity contribution >= 4 is 21.7 Å². The molecule has 2 aromatic rings. The monoisotopic (exact) mass is 429 g/mol. The zero-order valence-corrected chi connectivity index (χ0v) is 17.2. The van der Waals surface area contributed by atoms with E-state index in [2.05, 4.69) is 19.9 Å². The summed E-state index contributed by atoms with van der Waals surface area (Å²) in [6, 6.07) is 11.3. The Morgan fingerprint density at radius 2 is 1.93 bits per heavy atom. The van der Waals surface area contributed by atoms with Crippen molar-refractivity contribution < 1.29 is 17.9 Å². The molecule has 0 atom stereocenters. The van der Waals surface area contributed by atoms with E-state index >= 15 is 0 Å². The van der Waals surface area contributed by atoms with Crippen LogP contribution in [0.3, 0.4) is 0 Å². The van der Waals surface area contributed by atoms with Crippen molar-refractivity contribution in [2.24, 2.45) is 0 Å². The molecule has 0 unspecified atom stereocenters. The summed E-state index contributed by atoms with van der Waals surface area (Å²) in [5.74, 6) is 0.546. The summed E-state index contributed by atoms with van der Waals surface area (Å²) >= 11 is 0. The van der Waals surface area contributed by atoms with Crippen LogP contribution in [0.1, 0.15) is 22.3 Å². The maximum Gasteiger partial charge on any atom is 0.251 e. The number of hydrogen-bond acceptors (Lipinski definition) is 7. The van der Waals surface area contributed by atoms with E-state index < -0.39 is 10.0 Å². The molecule has 1 aliphatic rings. The van der Waals surface area contributed by atoms with Crippen LogP contribution in [-0.4, -0.2) is 52.2 Å². The number of morpholine rings is 1. The third-order valence-corrected chi connectivity index (χ3v) is 6.03. The Morgan fingerprint density at radius 1 is 1.20 bits per heavy atom. The zero-order valence-electron chi connectivity index (χ0n) is 16.4. The second-order valence-corrected chi connectivity index (χ2v) is 8.40. The highest BCUT2D eigenvalue weighted by atomic mass is 32.2. The van der Waals surface area contributed by atoms with Gasteiger partial charge in [-0.15, -0.1) is 0 Å². The molecule has 158 valence electrons. The number of hydrogen-bond donors (Lipinski definition) is 2. The fraction of sp³-hybridized carbons (Fsp3) is 0.350. The highest BCUT2D eigenvalue weighted by Gasteiger charge is 2.15. The average Bonchev–Trinajstić information content (AvgIpc) is 2.78. The maximum atomic E-state index is 12.4. The molecule has 0 spiro atoms. The number of ether oxygens (including phenoxy) is 1. The molecule has 1 saturated heterocycles. The van der Waals surface area contributed by atoms with Crippen molar-refractivity contribution in [3.8, 4) is 6.07 Å². The second-order valence-electron chi connectivity index (χ2n) is 6.63. The van der Waals surface area contributed by atoms with Crippen molar-refractivity contribution in [3.63, 3.8) is 0 Å². The topological polar surface area (TPSA) is 124 Å². The van der Waals surface area contributed by atoms with Gasteiger partial charge in [-0.3, -0.25) is 4.79 Å². The number of benzene rings is 1. The molecule has 1 aromatic carbocycles. The number of rotatable bonds is 8. The Kier molecular flexibility index (Phi) is 7.35. The molecule has 30 heavy (non-hydrogen) atoms. The van der Waals surface area contributed by atoms with Gasteiger partial charge in [0.1, 0.15) is 5.82 Å². The molecule has 1 amide bonds. The fourth-order valence-corrected chi connectivity index (χ4v) is 3.96. The van der Waals surface area contributed by atoms with Crippen LogP contribution in [-0.2, 0) is 21.3 Å². The molecule has 9 nitrogen and oxygen atoms in total. The van der Waals surface area contributed by atoms with Gasteiger partial charge < -0.3 is 15.0 Å². The van der Waals surface area contributed by atoms with Crippen LogP contribution in [0, 0.1) is 11.3 Å². The smallest absolute Gasteiger partial charge is 0.251 e. The first kappa shape index (κ1) is 21.7. The third kappa shape index (κ3) is 5.76. The Balaban J connectivity index is 1.58. The Hall–Kier alpha value is -3.00. The number of anilines is 1. The molecule has 0 bridgehead atoms. The molecule has 1 aliphatic heterocycles. The van der Waals surface area contributed by atoms with Crippen molar-refractivity contribution in [1.82, 2.24) is 15.0 Å². The fourth-order valence-electron chi connectivity index (χ4n) is 2.93. The SMILES string of the molecule is N#CCCNS(=O)(=O)c1ccc(C(=O)NCc2ccnc(N3CCOCC3)c2)cc1. The summed E-state index contributed by atoms with van der Waals surface area (Å²) < 4.78 is 31.9. The zero-order chi connectivity index (χ0) is 21.4. The molecule has 2 N–H and O–H groups in total. The highest BCUT2D eigenvalue weighted by molar-refractivity contribution is 7.89. The van der Waals surface area contributed by atoms with Crippen LogP contribution in [0.25, 0.3) is 0 Å². The number of amides is 1. The van der Waals surface area contributed by atoms with Gasteiger partial charge in [0.25, 0.3) is 5.91 Å². The van der Waals surface area contributed by atoms with E-state index in [0.717, 1.165) is 24.5 Å². The maximum absolute atomic E-state index is 12.4. The molecule has 0 saturated carbocycles. The normalized spacial score (nSPS) is 14.2. The second kappa shape index (κ2) is 10.2. The van der Waals surface area contributed by atoms with E-state index in [1.54, 1.807) is 6.20 Å². The molecule has 1 aromatic heterocycles. The highest BCUT2D eigenvalue weighted by Crippen LogP contribution is 2.15. The molecular formula is C20H23N5O4S. The van der Waals surface area contributed by atoms with E-state index in [0.29, 0.717) is 25.3 Å². The molecule has 10 heteroatoms. The lowest BCUT2D eigenvalue weighted by Gasteiger charge is -2.28. The number of aromatic nitrogens is 1. The van der Waals surface area contributed by atoms with Crippen molar-refractivity contribution in [1.29, 1.82) is 5.26 Å². The van der Waals surface area contributed by atoms with Crippen molar-refractivity contribution in [2.45, 2.75) is 17.9 Å². The largest absolute Gasteiger partial charge is 0.378 e. The van der Waals surface area contributed by atoms with Crippen LogP contribution >= 0.6 is 0 Å². The lowest BCUT2D eigenvalue weighted by Crippen LogP contribution is -2.36. The molecule has 1 fully saturated rings. The number of carbonyl (C=O) groups excluding carboxylic acids is 1. The van der Waals surface area contributed by atoms with Gasteiger partial charge in [0.15, 0.2) is 0 Å². The minimum absolute atomic E-state index is 0.0411. The first-order valence-corrected chi connectivity index (χ1v) is 11.0. The van der Waals surface area contributed by atoms with Gasteiger partial charge in [-0.1, -0.05) is 0 Å². The Morgan fingerprint density at radius 3 is 2.63 bits per heavy atom. The molecule has 3 rings (SSSR count). The molecular weight excluding hydrogens is 406 g/mol. The quantitative estimate of drug-likeness (QED) is 0.601. The van der Waals surface area contributed by atoms with Crippen molar-refractivity contribution in [3.05, 3.63) is 53.7 Å². The average molecular weight is 430 g/mol. The first-order chi connectivity index (χ1) is 14.5. The van der Waals surface area contributed by atoms with Crippen molar-refractivity contribution in [2.75, 3.05) is 37.7 Å². The van der Waals surface area contributed by atoms with Gasteiger partial charge in [-0.05, 0) is 42.0 Å². The molecule has 0 radical (unpaired) electrons. The summed E-state index contributed by atoms with van der Waals surface area (Å²) in [7, 11) is -3.70. The Bertz CT molecular complexity index is 1010. The van der Waals surface area contributed by atoms with E-state index in [9.17, 15) is 13.2 Å². The standard InChI is InChI=1S/C20H23N5O4S/c21-7-1-8-24-30(27,28)18-4-2-17(3-5-18)20(26)23-15-16-6-9-22-19(14-16)25-10-12-29-13-11-25/h2-6,9,14,24H,1,8,10-13,15H2,(H,23,26). The molecule has 2 heterocycles.